The third-order valence-electron chi connectivity index (χ3n) is 23.4. The molecule has 0 unspecified atom stereocenters. The number of nitrogens with zero attached hydrogens (tertiary/aromatic N) is 10. The van der Waals surface area contributed by atoms with Crippen molar-refractivity contribution in [1.29, 1.82) is 0 Å². The van der Waals surface area contributed by atoms with Crippen LogP contribution in [-0.4, -0.2) is 54.1 Å². The molecule has 24 rings (SSSR count). The predicted octanol–water partition coefficient (Wildman–Crippen LogP) is 21.6. The highest BCUT2D eigenvalue weighted by atomic mass is 15.1. The molecule has 0 saturated carbocycles. The molecule has 0 saturated heterocycles. The highest BCUT2D eigenvalue weighted by molar-refractivity contribution is 6.96. The zero-order chi connectivity index (χ0) is 71.8. The summed E-state index contributed by atoms with van der Waals surface area (Å²) in [5.41, 5.74) is 24.9. The van der Waals surface area contributed by atoms with Gasteiger partial charge in [-0.2, -0.15) is 0 Å². The van der Waals surface area contributed by atoms with Crippen molar-refractivity contribution in [2.45, 2.75) is 6.42 Å². The Hall–Kier alpha value is -14.7. The number of hydrogen-bond acceptors (Lipinski definition) is 4. The van der Waals surface area contributed by atoms with Crippen molar-refractivity contribution < 1.29 is 0 Å². The second kappa shape index (κ2) is 23.4. The van der Waals surface area contributed by atoms with Crippen molar-refractivity contribution in [3.05, 3.63) is 369 Å². The van der Waals surface area contributed by atoms with Gasteiger partial charge in [-0.15, -0.1) is 0 Å². The minimum absolute atomic E-state index is 0.0782. The molecular formula is C99H61BN10. The van der Waals surface area contributed by atoms with Crippen LogP contribution in [0, 0.1) is 0 Å². The minimum atomic E-state index is -0.0782. The average molecular weight is 1400 g/mol. The lowest BCUT2D eigenvalue weighted by atomic mass is 9.33. The van der Waals surface area contributed by atoms with E-state index >= 15 is 0 Å². The van der Waals surface area contributed by atoms with Gasteiger partial charge < -0.3 is 9.13 Å². The molecule has 1 aliphatic heterocycles. The molecule has 23 aromatic rings. The number of fused-ring (bicyclic) bond motifs is 20. The van der Waals surface area contributed by atoms with Gasteiger partial charge in [0.25, 0.3) is 0 Å². The van der Waals surface area contributed by atoms with E-state index < -0.39 is 0 Å². The van der Waals surface area contributed by atoms with E-state index in [0.29, 0.717) is 0 Å². The van der Waals surface area contributed by atoms with Gasteiger partial charge in [0.05, 0.1) is 89.0 Å². The van der Waals surface area contributed by atoms with Crippen molar-refractivity contribution in [3.63, 3.8) is 0 Å². The average Bonchev–Trinajstić information content (AvgIpc) is 1.56. The Bertz CT molecular complexity index is 7310. The molecule has 1 aliphatic rings. The minimum Gasteiger partial charge on any atom is -0.309 e. The van der Waals surface area contributed by atoms with Crippen LogP contribution < -0.4 is 16.4 Å². The van der Waals surface area contributed by atoms with Gasteiger partial charge in [0, 0.05) is 76.0 Å². The monoisotopic (exact) mass is 1400 g/mol. The Labute approximate surface area is 630 Å². The molecule has 0 radical (unpaired) electrons. The van der Waals surface area contributed by atoms with Gasteiger partial charge in [0.15, 0.2) is 0 Å². The van der Waals surface area contributed by atoms with Crippen LogP contribution in [-0.2, 0) is 6.42 Å². The highest BCUT2D eigenvalue weighted by Crippen LogP contribution is 2.44. The molecular weight excluding hydrogens is 1340 g/mol. The molecule has 11 heteroatoms. The quantitative estimate of drug-likeness (QED) is 0.135. The standard InChI is InChI=1S/C99H61BN10/c1-11-35-78-61(25-1)53-62-26-2-12-36-79(62)100(78)63-54-64(105-84-41-13-7-31-70(84)74-57-76-72-33-9-19-47-90(72)109(94(76)59-92(74)105)98-51-23-39-82(103-98)80-37-21-49-96(101-80)107-86-43-15-3-27-66(86)67-28-4-16-44-87(67)107)56-65(55-63)106-85-42-14-8-32-71(85)75-58-77-73-34-10-20-48-91(73)110(95(77)60-93(75)106)99-52-24-40-83(104-99)81-38-22-50-97(102-81)108-88-45-17-5-29-68(88)69-30-6-18-46-89(69)108/h1-52,54-60H,53H2. The zero-order valence-corrected chi connectivity index (χ0v) is 59.3. The Morgan fingerprint density at radius 3 is 0.745 bits per heavy atom. The molecule has 510 valence electrons. The number of rotatable bonds is 9. The van der Waals surface area contributed by atoms with E-state index in [4.69, 9.17) is 19.9 Å². The number of benzene rings is 13. The third-order valence-corrected chi connectivity index (χ3v) is 23.4. The Morgan fingerprint density at radius 1 is 0.191 bits per heavy atom. The van der Waals surface area contributed by atoms with Gasteiger partial charge in [-0.05, 0) is 157 Å². The van der Waals surface area contributed by atoms with E-state index in [1.54, 1.807) is 0 Å². The molecule has 110 heavy (non-hydrogen) atoms. The van der Waals surface area contributed by atoms with Crippen molar-refractivity contribution in [2.24, 2.45) is 0 Å². The first-order chi connectivity index (χ1) is 54.6. The first kappa shape index (κ1) is 60.6. The Balaban J connectivity index is 0.718. The first-order valence-corrected chi connectivity index (χ1v) is 37.7. The molecule has 0 atom stereocenters. The summed E-state index contributed by atoms with van der Waals surface area (Å²) >= 11 is 0. The maximum atomic E-state index is 5.60. The van der Waals surface area contributed by atoms with E-state index in [2.05, 4.69) is 385 Å². The van der Waals surface area contributed by atoms with Crippen molar-refractivity contribution in [3.8, 4) is 57.4 Å². The lowest BCUT2D eigenvalue weighted by Gasteiger charge is -2.28. The van der Waals surface area contributed by atoms with E-state index in [1.165, 1.54) is 70.6 Å². The molecule has 0 amide bonds. The lowest BCUT2D eigenvalue weighted by Crippen LogP contribution is -2.57. The lowest BCUT2D eigenvalue weighted by molar-refractivity contribution is 1.05. The Morgan fingerprint density at radius 2 is 0.436 bits per heavy atom. The maximum Gasteiger partial charge on any atom is 0.242 e. The fourth-order valence-electron chi connectivity index (χ4n) is 18.7. The molecule has 0 aliphatic carbocycles. The predicted molar refractivity (Wildman–Crippen MR) is 455 cm³/mol. The molecule has 13 aromatic carbocycles. The van der Waals surface area contributed by atoms with Gasteiger partial charge in [-0.3, -0.25) is 18.3 Å². The van der Waals surface area contributed by atoms with Gasteiger partial charge in [0.2, 0.25) is 6.71 Å². The van der Waals surface area contributed by atoms with Crippen LogP contribution in [0.2, 0.25) is 0 Å². The fourth-order valence-corrected chi connectivity index (χ4v) is 18.7. The summed E-state index contributed by atoms with van der Waals surface area (Å²) in [6.07, 6.45) is 0.871. The molecule has 0 spiro atoms. The summed E-state index contributed by atoms with van der Waals surface area (Å²) in [7, 11) is 0. The molecule has 11 heterocycles. The van der Waals surface area contributed by atoms with Crippen molar-refractivity contribution >= 4 is 154 Å². The third kappa shape index (κ3) is 8.88. The van der Waals surface area contributed by atoms with Crippen molar-refractivity contribution in [2.75, 3.05) is 0 Å². The summed E-state index contributed by atoms with van der Waals surface area (Å²) in [6, 6.07) is 130. The second-order valence-corrected chi connectivity index (χ2v) is 29.2. The first-order valence-electron chi connectivity index (χ1n) is 37.7. The Kier molecular flexibility index (Phi) is 12.9. The van der Waals surface area contributed by atoms with E-state index in [0.717, 1.165) is 152 Å². The van der Waals surface area contributed by atoms with Gasteiger partial charge in [-0.25, -0.2) is 19.9 Å². The fraction of sp³-hybridized carbons (Fsp3) is 0.0101. The molecule has 0 bridgehead atoms. The highest BCUT2D eigenvalue weighted by Gasteiger charge is 2.33. The van der Waals surface area contributed by atoms with E-state index in [9.17, 15) is 0 Å². The van der Waals surface area contributed by atoms with Crippen molar-refractivity contribution in [1.82, 2.24) is 47.3 Å². The van der Waals surface area contributed by atoms with Crippen LogP contribution >= 0.6 is 0 Å². The smallest absolute Gasteiger partial charge is 0.242 e. The number of hydrogen-bond donors (Lipinski definition) is 0. The molecule has 0 fully saturated rings. The van der Waals surface area contributed by atoms with Gasteiger partial charge in [-0.1, -0.05) is 235 Å². The molecule has 10 nitrogen and oxygen atoms in total. The summed E-state index contributed by atoms with van der Waals surface area (Å²) in [5, 5.41) is 14.1. The van der Waals surface area contributed by atoms with E-state index in [1.807, 2.05) is 0 Å². The van der Waals surface area contributed by atoms with Crippen LogP contribution in [0.5, 0.6) is 0 Å². The van der Waals surface area contributed by atoms with Crippen LogP contribution in [0.25, 0.3) is 188 Å². The van der Waals surface area contributed by atoms with E-state index in [-0.39, 0.29) is 6.71 Å². The topological polar surface area (TPSA) is 81.1 Å². The number of para-hydroxylation sites is 8. The SMILES string of the molecule is c1cc(-c2cccc(-n3c4ccccc4c4cc5c6ccccc6n(-c6cc(B7c8ccccc8Cc8ccccc87)cc(-n7c8ccccc8c8cc9c%10ccccc%10n(-c%10cccc(-c%11cccc(-n%12c%13ccccc%13c%13ccccc%13%12)n%11)n%10)c9cc87)c6)c5cc43)n2)nc(-n2c3ccccc3c3ccccc32)c1. The molecule has 0 N–H and O–H groups in total. The van der Waals surface area contributed by atoms with Gasteiger partial charge in [0.1, 0.15) is 23.3 Å². The maximum absolute atomic E-state index is 5.60. The number of pyridine rings is 4. The van der Waals surface area contributed by atoms with Gasteiger partial charge >= 0.3 is 0 Å². The van der Waals surface area contributed by atoms with Crippen LogP contribution in [0.1, 0.15) is 11.1 Å². The zero-order valence-electron chi connectivity index (χ0n) is 59.3. The van der Waals surface area contributed by atoms with Crippen LogP contribution in [0.4, 0.5) is 0 Å². The molecule has 10 aromatic heterocycles. The van der Waals surface area contributed by atoms with Crippen LogP contribution in [0.3, 0.4) is 0 Å². The largest absolute Gasteiger partial charge is 0.309 e. The number of aromatic nitrogens is 10. The summed E-state index contributed by atoms with van der Waals surface area (Å²) < 4.78 is 14.3. The summed E-state index contributed by atoms with van der Waals surface area (Å²) in [5.74, 6) is 3.29. The summed E-state index contributed by atoms with van der Waals surface area (Å²) in [4.78, 5) is 22.0. The normalized spacial score (nSPS) is 12.5. The second-order valence-electron chi connectivity index (χ2n) is 29.2. The summed E-state index contributed by atoms with van der Waals surface area (Å²) in [6.45, 7) is -0.0782. The van der Waals surface area contributed by atoms with Crippen LogP contribution in [0.15, 0.2) is 358 Å².